The Bertz CT molecular complexity index is 46.8. The second-order valence-corrected chi connectivity index (χ2v) is 0.553. The van der Waals surface area contributed by atoms with Crippen LogP contribution in [0.3, 0.4) is 0 Å². The summed E-state index contributed by atoms with van der Waals surface area (Å²) in [6.45, 7) is 0. The first-order valence-electron chi connectivity index (χ1n) is 1.15. The molecule has 5 nitrogen and oxygen atoms in total. The number of hydroxylamine groups is 2. The standard InChI is InChI=1S/CH4N2O3/c4-1(2-5)3-6/h5-6H,(H2,2,3,4). The maximum Gasteiger partial charge on any atom is 0.362 e. The molecule has 0 spiro atoms. The third-order valence-corrected chi connectivity index (χ3v) is 0.203. The van der Waals surface area contributed by atoms with Crippen molar-refractivity contribution in [2.24, 2.45) is 0 Å². The van der Waals surface area contributed by atoms with Crippen molar-refractivity contribution in [3.05, 3.63) is 0 Å². The van der Waals surface area contributed by atoms with E-state index in [9.17, 15) is 4.79 Å². The van der Waals surface area contributed by atoms with Crippen molar-refractivity contribution in [2.75, 3.05) is 0 Å². The molecule has 0 rings (SSSR count). The molecule has 0 aliphatic heterocycles. The maximum atomic E-state index is 9.46. The molecule has 0 aliphatic carbocycles. The van der Waals surface area contributed by atoms with Crippen LogP contribution in [0.1, 0.15) is 0 Å². The Morgan fingerprint density at radius 3 is 1.67 bits per heavy atom. The van der Waals surface area contributed by atoms with Crippen LogP contribution in [-0.2, 0) is 0 Å². The largest absolute Gasteiger partial charge is 0.362 e. The molecule has 0 aliphatic rings. The molecular weight excluding hydrogens is 88.0 g/mol. The van der Waals surface area contributed by atoms with E-state index < -0.39 is 6.03 Å². The summed E-state index contributed by atoms with van der Waals surface area (Å²) in [5.74, 6) is 0. The minimum absolute atomic E-state index is 1.05. The van der Waals surface area contributed by atoms with Crippen molar-refractivity contribution in [3.63, 3.8) is 0 Å². The summed E-state index contributed by atoms with van der Waals surface area (Å²) in [4.78, 5) is 9.46. The Balaban J connectivity index is 2.99. The third kappa shape index (κ3) is 1.50. The van der Waals surface area contributed by atoms with Crippen molar-refractivity contribution in [3.8, 4) is 0 Å². The number of hydrogen-bond acceptors (Lipinski definition) is 3. The van der Waals surface area contributed by atoms with Crippen LogP contribution in [0.25, 0.3) is 0 Å². The number of nitrogens with one attached hydrogen (secondary N) is 2. The lowest BCUT2D eigenvalue weighted by Gasteiger charge is -1.88. The fourth-order valence-corrected chi connectivity index (χ4v) is 0.0250. The van der Waals surface area contributed by atoms with Gasteiger partial charge in [0.1, 0.15) is 0 Å². The zero-order valence-corrected chi connectivity index (χ0v) is 2.80. The molecular formula is CH4N2O3. The molecule has 0 radical (unpaired) electrons. The summed E-state index contributed by atoms with van der Waals surface area (Å²) < 4.78 is 0. The Labute approximate surface area is 33.5 Å². The Kier molecular flexibility index (Phi) is 2.10. The quantitative estimate of drug-likeness (QED) is 0.230. The van der Waals surface area contributed by atoms with Gasteiger partial charge in [-0.05, 0) is 0 Å². The molecule has 0 saturated carbocycles. The molecule has 0 bridgehead atoms. The number of rotatable bonds is 0. The van der Waals surface area contributed by atoms with Crippen LogP contribution in [-0.4, -0.2) is 16.4 Å². The summed E-state index contributed by atoms with van der Waals surface area (Å²) in [5, 5.41) is 15.0. The normalized spacial score (nSPS) is 7.00. The summed E-state index contributed by atoms with van der Waals surface area (Å²) in [6.07, 6.45) is 0. The molecule has 0 aromatic rings. The van der Waals surface area contributed by atoms with E-state index in [0.29, 0.717) is 0 Å². The number of amides is 2. The fourth-order valence-electron chi connectivity index (χ4n) is 0.0250. The van der Waals surface area contributed by atoms with E-state index in [-0.39, 0.29) is 0 Å². The van der Waals surface area contributed by atoms with Crippen molar-refractivity contribution >= 4 is 6.03 Å². The molecule has 0 aromatic carbocycles. The van der Waals surface area contributed by atoms with E-state index in [0.717, 1.165) is 11.0 Å². The molecule has 0 saturated heterocycles. The van der Waals surface area contributed by atoms with Gasteiger partial charge in [-0.3, -0.25) is 10.4 Å². The molecule has 6 heavy (non-hydrogen) atoms. The minimum Gasteiger partial charge on any atom is -0.287 e. The summed E-state index contributed by atoms with van der Waals surface area (Å²) in [6, 6.07) is -1.05. The molecule has 0 heterocycles. The summed E-state index contributed by atoms with van der Waals surface area (Å²) >= 11 is 0. The lowest BCUT2D eigenvalue weighted by Crippen LogP contribution is -2.30. The first-order chi connectivity index (χ1) is 2.81. The average Bonchev–Trinajstić information content (AvgIpc) is 1.65. The van der Waals surface area contributed by atoms with Gasteiger partial charge in [-0.15, -0.1) is 0 Å². The molecule has 0 atom stereocenters. The Morgan fingerprint density at radius 2 is 1.67 bits per heavy atom. The molecule has 5 heteroatoms. The SMILES string of the molecule is O=C(NO)NO. The lowest BCUT2D eigenvalue weighted by atomic mass is 11.2. The topological polar surface area (TPSA) is 81.6 Å². The first kappa shape index (κ1) is 5.19. The molecule has 4 N–H and O–H groups in total. The van der Waals surface area contributed by atoms with E-state index in [2.05, 4.69) is 0 Å². The molecule has 0 aromatic heterocycles. The van der Waals surface area contributed by atoms with Gasteiger partial charge >= 0.3 is 6.03 Å². The van der Waals surface area contributed by atoms with Crippen LogP contribution in [0.5, 0.6) is 0 Å². The van der Waals surface area contributed by atoms with Gasteiger partial charge in [0.2, 0.25) is 0 Å². The van der Waals surface area contributed by atoms with Crippen molar-refractivity contribution in [2.45, 2.75) is 0 Å². The Hall–Kier alpha value is -0.810. The zero-order valence-electron chi connectivity index (χ0n) is 2.80. The van der Waals surface area contributed by atoms with Gasteiger partial charge in [0, 0.05) is 0 Å². The Morgan fingerprint density at radius 1 is 1.33 bits per heavy atom. The van der Waals surface area contributed by atoms with Crippen molar-refractivity contribution in [1.29, 1.82) is 0 Å². The van der Waals surface area contributed by atoms with Gasteiger partial charge in [0.25, 0.3) is 0 Å². The number of urea groups is 1. The van der Waals surface area contributed by atoms with Gasteiger partial charge in [-0.25, -0.2) is 15.8 Å². The number of carbonyl (C=O) groups excluding carboxylic acids is 1. The van der Waals surface area contributed by atoms with Crippen LogP contribution < -0.4 is 11.0 Å². The van der Waals surface area contributed by atoms with Crippen LogP contribution in [0, 0.1) is 0 Å². The van der Waals surface area contributed by atoms with E-state index in [4.69, 9.17) is 10.4 Å². The van der Waals surface area contributed by atoms with Gasteiger partial charge < -0.3 is 0 Å². The third-order valence-electron chi connectivity index (χ3n) is 0.203. The smallest absolute Gasteiger partial charge is 0.287 e. The lowest BCUT2D eigenvalue weighted by molar-refractivity contribution is 0.114. The highest BCUT2D eigenvalue weighted by Crippen LogP contribution is 1.47. The van der Waals surface area contributed by atoms with Crippen molar-refractivity contribution < 1.29 is 15.2 Å². The number of carbonyl (C=O) groups is 1. The first-order valence-corrected chi connectivity index (χ1v) is 1.15. The summed E-state index contributed by atoms with van der Waals surface area (Å²) in [7, 11) is 0. The van der Waals surface area contributed by atoms with Crippen LogP contribution >= 0.6 is 0 Å². The maximum absolute atomic E-state index is 9.46. The predicted octanol–water partition coefficient (Wildman–Crippen LogP) is -0.936. The minimum atomic E-state index is -1.05. The zero-order chi connectivity index (χ0) is 4.99. The van der Waals surface area contributed by atoms with E-state index in [1.165, 1.54) is 0 Å². The average molecular weight is 92.1 g/mol. The molecule has 36 valence electrons. The van der Waals surface area contributed by atoms with E-state index in [1.54, 1.807) is 0 Å². The van der Waals surface area contributed by atoms with E-state index in [1.807, 2.05) is 0 Å². The fraction of sp³-hybridized carbons (Fsp3) is 0. The second kappa shape index (κ2) is 2.43. The van der Waals surface area contributed by atoms with Gasteiger partial charge in [-0.1, -0.05) is 0 Å². The number of hydrogen-bond donors (Lipinski definition) is 4. The van der Waals surface area contributed by atoms with E-state index >= 15 is 0 Å². The second-order valence-electron chi connectivity index (χ2n) is 0.553. The van der Waals surface area contributed by atoms with Gasteiger partial charge in [0.15, 0.2) is 0 Å². The highest BCUT2D eigenvalue weighted by Gasteiger charge is 1.85. The van der Waals surface area contributed by atoms with Crippen LogP contribution in [0.15, 0.2) is 0 Å². The molecule has 0 fully saturated rings. The highest BCUT2D eigenvalue weighted by atomic mass is 16.5. The molecule has 0 unspecified atom stereocenters. The summed E-state index contributed by atoms with van der Waals surface area (Å²) in [5.41, 5.74) is 2.23. The molecule has 2 amide bonds. The monoisotopic (exact) mass is 92.0 g/mol. The van der Waals surface area contributed by atoms with Crippen molar-refractivity contribution in [1.82, 2.24) is 11.0 Å². The predicted molar refractivity (Wildman–Crippen MR) is 15.2 cm³/mol. The highest BCUT2D eigenvalue weighted by molar-refractivity contribution is 5.70. The van der Waals surface area contributed by atoms with Gasteiger partial charge in [-0.2, -0.15) is 0 Å². The van der Waals surface area contributed by atoms with Gasteiger partial charge in [0.05, 0.1) is 0 Å². The van der Waals surface area contributed by atoms with Crippen LogP contribution in [0.2, 0.25) is 0 Å². The van der Waals surface area contributed by atoms with Crippen LogP contribution in [0.4, 0.5) is 4.79 Å².